The molecule has 13 heteroatoms. The van der Waals surface area contributed by atoms with Crippen LogP contribution in [0.5, 0.6) is 0 Å². The average Bonchev–Trinajstić information content (AvgIpc) is 3.16. The molecule has 3 aromatic carbocycles. The molecule has 3 N–H and O–H groups in total. The normalized spacial score (nSPS) is 16.1. The van der Waals surface area contributed by atoms with Crippen LogP contribution in [0, 0.1) is 6.92 Å². The molecule has 0 radical (unpaired) electrons. The Balaban J connectivity index is 1.72. The Morgan fingerprint density at radius 2 is 1.49 bits per heavy atom. The van der Waals surface area contributed by atoms with Crippen molar-refractivity contribution >= 4 is 49.1 Å². The van der Waals surface area contributed by atoms with Crippen molar-refractivity contribution in [3.05, 3.63) is 83.9 Å². The summed E-state index contributed by atoms with van der Waals surface area (Å²) in [6.07, 6.45) is -0.412. The molecule has 1 unspecified atom stereocenters. The van der Waals surface area contributed by atoms with Crippen molar-refractivity contribution in [1.82, 2.24) is 4.31 Å². The Morgan fingerprint density at radius 1 is 0.923 bits per heavy atom. The molecule has 3 amide bonds. The highest BCUT2D eigenvalue weighted by atomic mass is 32.2. The van der Waals surface area contributed by atoms with Crippen LogP contribution in [0.2, 0.25) is 0 Å². The third-order valence-corrected chi connectivity index (χ3v) is 8.93. The first-order valence-corrected chi connectivity index (χ1v) is 14.7. The molecule has 11 nitrogen and oxygen atoms in total. The van der Waals surface area contributed by atoms with Crippen LogP contribution in [0.15, 0.2) is 82.6 Å². The lowest BCUT2D eigenvalue weighted by Gasteiger charge is -2.27. The lowest BCUT2D eigenvalue weighted by Crippen LogP contribution is -2.45. The van der Waals surface area contributed by atoms with E-state index < -0.39 is 44.3 Å². The van der Waals surface area contributed by atoms with Crippen LogP contribution in [-0.2, 0) is 41.0 Å². The van der Waals surface area contributed by atoms with E-state index in [4.69, 9.17) is 5.14 Å². The SMILES string of the molecule is CC(=O)Nc1ccc(S(=O)(=O)N(Cc2ccc(C)cc2)C2CC(=O)N(c3ccc(S(N)(=O)=O)cc3)C2=O)cc1. The van der Waals surface area contributed by atoms with Gasteiger partial charge in [0.15, 0.2) is 0 Å². The number of rotatable bonds is 8. The Kier molecular flexibility index (Phi) is 7.70. The standard InChI is InChI=1S/C26H26N4O7S2/c1-17-3-5-19(6-4-17)16-29(39(36,37)23-11-7-20(8-12-23)28-18(2)31)24-15-25(32)30(26(24)33)21-9-13-22(14-10-21)38(27,34)35/h3-14,24H,15-16H2,1-2H3,(H,28,31)(H2,27,34,35). The summed E-state index contributed by atoms with van der Waals surface area (Å²) in [5.41, 5.74) is 2.05. The zero-order valence-corrected chi connectivity index (χ0v) is 22.7. The van der Waals surface area contributed by atoms with Gasteiger partial charge in [-0.3, -0.25) is 14.4 Å². The van der Waals surface area contributed by atoms with E-state index in [-0.39, 0.29) is 27.9 Å². The fourth-order valence-corrected chi connectivity index (χ4v) is 6.27. The summed E-state index contributed by atoms with van der Waals surface area (Å²) in [5.74, 6) is -1.73. The maximum atomic E-state index is 13.9. The minimum absolute atomic E-state index is 0.0900. The molecular weight excluding hydrogens is 544 g/mol. The highest BCUT2D eigenvalue weighted by Gasteiger charge is 2.47. The van der Waals surface area contributed by atoms with Gasteiger partial charge >= 0.3 is 0 Å². The van der Waals surface area contributed by atoms with Gasteiger partial charge < -0.3 is 5.32 Å². The second-order valence-corrected chi connectivity index (χ2v) is 12.5. The molecule has 1 aliphatic heterocycles. The zero-order chi connectivity index (χ0) is 28.5. The minimum Gasteiger partial charge on any atom is -0.326 e. The maximum absolute atomic E-state index is 13.9. The highest BCUT2D eigenvalue weighted by Crippen LogP contribution is 2.31. The van der Waals surface area contributed by atoms with Crippen LogP contribution < -0.4 is 15.4 Å². The number of sulfonamides is 2. The van der Waals surface area contributed by atoms with Crippen LogP contribution in [0.1, 0.15) is 24.5 Å². The Bertz CT molecular complexity index is 1640. The molecule has 0 saturated carbocycles. The summed E-state index contributed by atoms with van der Waals surface area (Å²) in [6.45, 7) is 3.02. The van der Waals surface area contributed by atoms with Crippen molar-refractivity contribution in [3.63, 3.8) is 0 Å². The Morgan fingerprint density at radius 3 is 2.03 bits per heavy atom. The summed E-state index contributed by atoms with van der Waals surface area (Å²) in [5, 5.41) is 7.69. The summed E-state index contributed by atoms with van der Waals surface area (Å²) >= 11 is 0. The number of amides is 3. The lowest BCUT2D eigenvalue weighted by molar-refractivity contribution is -0.122. The van der Waals surface area contributed by atoms with Gasteiger partial charge in [0.05, 0.1) is 21.9 Å². The summed E-state index contributed by atoms with van der Waals surface area (Å²) in [4.78, 5) is 38.4. The molecule has 1 heterocycles. The predicted molar refractivity (Wildman–Crippen MR) is 143 cm³/mol. The Hall–Kier alpha value is -3.91. The predicted octanol–water partition coefficient (Wildman–Crippen LogP) is 2.12. The van der Waals surface area contributed by atoms with Crippen LogP contribution in [-0.4, -0.2) is 44.9 Å². The molecule has 4 rings (SSSR count). The number of carbonyl (C=O) groups is 3. The van der Waals surface area contributed by atoms with Crippen molar-refractivity contribution in [3.8, 4) is 0 Å². The van der Waals surface area contributed by atoms with Gasteiger partial charge in [0.25, 0.3) is 5.91 Å². The van der Waals surface area contributed by atoms with Gasteiger partial charge in [-0.25, -0.2) is 26.9 Å². The zero-order valence-electron chi connectivity index (χ0n) is 21.1. The second-order valence-electron chi connectivity index (χ2n) is 9.07. The molecule has 1 saturated heterocycles. The third-order valence-electron chi connectivity index (χ3n) is 6.13. The molecule has 0 bridgehead atoms. The lowest BCUT2D eigenvalue weighted by atomic mass is 10.1. The van der Waals surface area contributed by atoms with Crippen LogP contribution in [0.25, 0.3) is 0 Å². The van der Waals surface area contributed by atoms with Crippen molar-refractivity contribution in [2.75, 3.05) is 10.2 Å². The molecule has 0 aromatic heterocycles. The molecule has 1 fully saturated rings. The van der Waals surface area contributed by atoms with E-state index in [1.54, 1.807) is 12.1 Å². The topological polar surface area (TPSA) is 164 Å². The maximum Gasteiger partial charge on any atom is 0.252 e. The fourth-order valence-electron chi connectivity index (χ4n) is 4.18. The average molecular weight is 571 g/mol. The molecule has 1 aliphatic rings. The van der Waals surface area contributed by atoms with Crippen LogP contribution >= 0.6 is 0 Å². The number of hydrogen-bond acceptors (Lipinski definition) is 7. The summed E-state index contributed by atoms with van der Waals surface area (Å²) in [6, 6.07) is 16.1. The minimum atomic E-state index is -4.30. The van der Waals surface area contributed by atoms with Crippen molar-refractivity contribution in [1.29, 1.82) is 0 Å². The van der Waals surface area contributed by atoms with Crippen molar-refractivity contribution in [2.45, 2.75) is 42.6 Å². The van der Waals surface area contributed by atoms with Gasteiger partial charge in [0, 0.05) is 19.2 Å². The van der Waals surface area contributed by atoms with E-state index in [1.165, 1.54) is 43.3 Å². The summed E-state index contributed by atoms with van der Waals surface area (Å²) in [7, 11) is -8.29. The van der Waals surface area contributed by atoms with Crippen LogP contribution in [0.3, 0.4) is 0 Å². The van der Waals surface area contributed by atoms with Gasteiger partial charge in [-0.05, 0) is 61.0 Å². The number of anilines is 2. The number of benzene rings is 3. The van der Waals surface area contributed by atoms with Gasteiger partial charge in [-0.15, -0.1) is 0 Å². The van der Waals surface area contributed by atoms with E-state index >= 15 is 0 Å². The number of nitrogens with zero attached hydrogens (tertiary/aromatic N) is 2. The summed E-state index contributed by atoms with van der Waals surface area (Å²) < 4.78 is 51.9. The Labute approximate surface area is 226 Å². The van der Waals surface area contributed by atoms with E-state index in [1.807, 2.05) is 19.1 Å². The van der Waals surface area contributed by atoms with E-state index in [9.17, 15) is 31.2 Å². The largest absolute Gasteiger partial charge is 0.326 e. The van der Waals surface area contributed by atoms with Gasteiger partial charge in [0.2, 0.25) is 31.9 Å². The number of hydrogen-bond donors (Lipinski definition) is 2. The first kappa shape index (κ1) is 28.1. The number of primary sulfonamides is 1. The molecule has 0 aliphatic carbocycles. The number of aryl methyl sites for hydroxylation is 1. The highest BCUT2D eigenvalue weighted by molar-refractivity contribution is 7.89. The van der Waals surface area contributed by atoms with E-state index in [2.05, 4.69) is 5.32 Å². The number of nitrogens with one attached hydrogen (secondary N) is 1. The third kappa shape index (κ3) is 6.06. The quantitative estimate of drug-likeness (QED) is 0.392. The van der Waals surface area contributed by atoms with Crippen molar-refractivity contribution in [2.24, 2.45) is 5.14 Å². The first-order chi connectivity index (χ1) is 18.3. The van der Waals surface area contributed by atoms with Gasteiger partial charge in [0.1, 0.15) is 6.04 Å². The molecule has 204 valence electrons. The smallest absolute Gasteiger partial charge is 0.252 e. The van der Waals surface area contributed by atoms with Crippen molar-refractivity contribution < 1.29 is 31.2 Å². The van der Waals surface area contributed by atoms with E-state index in [0.717, 1.165) is 26.9 Å². The number of carbonyl (C=O) groups excluding carboxylic acids is 3. The molecule has 3 aromatic rings. The molecule has 39 heavy (non-hydrogen) atoms. The number of imide groups is 1. The first-order valence-electron chi connectivity index (χ1n) is 11.7. The molecule has 0 spiro atoms. The molecular formula is C26H26N4O7S2. The number of nitrogens with two attached hydrogens (primary N) is 1. The second kappa shape index (κ2) is 10.7. The van der Waals surface area contributed by atoms with E-state index in [0.29, 0.717) is 11.3 Å². The molecule has 1 atom stereocenters. The van der Waals surface area contributed by atoms with Gasteiger partial charge in [-0.2, -0.15) is 4.31 Å². The monoisotopic (exact) mass is 570 g/mol. The van der Waals surface area contributed by atoms with Gasteiger partial charge in [-0.1, -0.05) is 29.8 Å². The fraction of sp³-hybridized carbons (Fsp3) is 0.192. The van der Waals surface area contributed by atoms with Crippen LogP contribution in [0.4, 0.5) is 11.4 Å².